The molecule has 0 aliphatic heterocycles. The number of furan rings is 2. The Hall–Kier alpha value is -5.65. The number of rotatable bonds is 3. The maximum absolute atomic E-state index is 6.44. The second-order valence-corrected chi connectivity index (χ2v) is 12.2. The maximum Gasteiger partial charge on any atom is 0.153 e. The van der Waals surface area contributed by atoms with E-state index in [0.717, 1.165) is 71.8 Å². The van der Waals surface area contributed by atoms with E-state index >= 15 is 0 Å². The van der Waals surface area contributed by atoms with Crippen molar-refractivity contribution in [3.63, 3.8) is 0 Å². The zero-order chi connectivity index (χ0) is 28.8. The number of benzene rings is 6. The minimum Gasteiger partial charge on any atom is -0.456 e. The number of aromatic nitrogens is 1. The molecule has 0 aliphatic rings. The summed E-state index contributed by atoms with van der Waals surface area (Å²) in [7, 11) is 0. The fraction of sp³-hybridized carbons (Fsp3) is 0. The molecule has 0 fully saturated rings. The molecule has 0 spiro atoms. The van der Waals surface area contributed by atoms with E-state index in [4.69, 9.17) is 13.8 Å². The summed E-state index contributed by atoms with van der Waals surface area (Å²) in [5.41, 5.74) is 7.33. The molecule has 0 saturated heterocycles. The lowest BCUT2D eigenvalue weighted by Crippen LogP contribution is -2.10. The Morgan fingerprint density at radius 2 is 1.14 bits per heavy atom. The van der Waals surface area contributed by atoms with E-state index in [9.17, 15) is 0 Å². The summed E-state index contributed by atoms with van der Waals surface area (Å²) in [5.74, 6) is 0. The maximum atomic E-state index is 6.44. The third-order valence-electron chi connectivity index (χ3n) is 8.70. The molecule has 0 unspecified atom stereocenters. The second kappa shape index (κ2) is 8.93. The third kappa shape index (κ3) is 3.36. The number of thiophene rings is 1. The van der Waals surface area contributed by atoms with E-state index < -0.39 is 0 Å². The largest absolute Gasteiger partial charge is 0.456 e. The molecular weight excluding hydrogens is 561 g/mol. The molecule has 44 heavy (non-hydrogen) atoms. The molecule has 4 heterocycles. The van der Waals surface area contributed by atoms with Crippen LogP contribution in [0.1, 0.15) is 0 Å². The minimum atomic E-state index is 0.784. The molecular formula is C39H22N2O2S. The Labute approximate surface area is 255 Å². The second-order valence-electron chi connectivity index (χ2n) is 11.2. The first-order valence-corrected chi connectivity index (χ1v) is 15.4. The van der Waals surface area contributed by atoms with E-state index in [-0.39, 0.29) is 0 Å². The van der Waals surface area contributed by atoms with E-state index in [1.54, 1.807) is 0 Å². The van der Waals surface area contributed by atoms with Crippen LogP contribution in [-0.4, -0.2) is 4.98 Å². The lowest BCUT2D eigenvalue weighted by molar-refractivity contribution is 0.668. The summed E-state index contributed by atoms with van der Waals surface area (Å²) in [6, 6.07) is 44.8. The zero-order valence-corrected chi connectivity index (χ0v) is 24.1. The molecule has 6 aromatic carbocycles. The number of nitrogens with zero attached hydrogens (tertiary/aromatic N) is 2. The minimum absolute atomic E-state index is 0.784. The first-order chi connectivity index (χ1) is 21.8. The van der Waals surface area contributed by atoms with Gasteiger partial charge in [-0.05, 0) is 53.9 Å². The van der Waals surface area contributed by atoms with Gasteiger partial charge in [0.05, 0.1) is 11.1 Å². The van der Waals surface area contributed by atoms with E-state index in [1.807, 2.05) is 41.8 Å². The topological polar surface area (TPSA) is 42.4 Å². The van der Waals surface area contributed by atoms with Crippen LogP contribution in [0.25, 0.3) is 75.0 Å². The molecule has 4 aromatic heterocycles. The highest BCUT2D eigenvalue weighted by atomic mass is 32.1. The highest BCUT2D eigenvalue weighted by Crippen LogP contribution is 2.46. The normalized spacial score (nSPS) is 12.1. The lowest BCUT2D eigenvalue weighted by atomic mass is 10.0. The molecule has 4 nitrogen and oxygen atoms in total. The number of pyridine rings is 1. The summed E-state index contributed by atoms with van der Waals surface area (Å²) in [6.07, 6.45) is 1.83. The van der Waals surface area contributed by atoms with Crippen molar-refractivity contribution in [1.82, 2.24) is 4.98 Å². The van der Waals surface area contributed by atoms with Crippen molar-refractivity contribution in [2.24, 2.45) is 0 Å². The van der Waals surface area contributed by atoms with Gasteiger partial charge in [-0.15, -0.1) is 11.3 Å². The smallest absolute Gasteiger partial charge is 0.153 e. The van der Waals surface area contributed by atoms with Crippen molar-refractivity contribution in [1.29, 1.82) is 0 Å². The fourth-order valence-corrected chi connectivity index (χ4v) is 7.89. The first kappa shape index (κ1) is 23.9. The van der Waals surface area contributed by atoms with E-state index in [2.05, 4.69) is 108 Å². The van der Waals surface area contributed by atoms with Gasteiger partial charge in [0.25, 0.3) is 0 Å². The number of fused-ring (bicyclic) bond motifs is 11. The van der Waals surface area contributed by atoms with Crippen molar-refractivity contribution in [2.75, 3.05) is 4.90 Å². The molecule has 0 amide bonds. The van der Waals surface area contributed by atoms with Gasteiger partial charge in [0.1, 0.15) is 22.3 Å². The monoisotopic (exact) mass is 582 g/mol. The highest BCUT2D eigenvalue weighted by molar-refractivity contribution is 7.25. The van der Waals surface area contributed by atoms with Gasteiger partial charge in [-0.2, -0.15) is 0 Å². The third-order valence-corrected chi connectivity index (χ3v) is 9.83. The van der Waals surface area contributed by atoms with Crippen LogP contribution < -0.4 is 4.90 Å². The van der Waals surface area contributed by atoms with Gasteiger partial charge >= 0.3 is 0 Å². The fourth-order valence-electron chi connectivity index (χ4n) is 6.75. The van der Waals surface area contributed by atoms with E-state index in [1.165, 1.54) is 20.2 Å². The van der Waals surface area contributed by atoms with Crippen molar-refractivity contribution in [3.8, 4) is 0 Å². The van der Waals surface area contributed by atoms with Crippen LogP contribution in [0.5, 0.6) is 0 Å². The number of anilines is 3. The van der Waals surface area contributed by atoms with Gasteiger partial charge in [-0.1, -0.05) is 66.7 Å². The van der Waals surface area contributed by atoms with Crippen LogP contribution >= 0.6 is 11.3 Å². The number of hydrogen-bond acceptors (Lipinski definition) is 5. The predicted molar refractivity (Wildman–Crippen MR) is 184 cm³/mol. The predicted octanol–water partition coefficient (Wildman–Crippen LogP) is 11.9. The molecule has 10 rings (SSSR count). The van der Waals surface area contributed by atoms with Crippen LogP contribution in [0, 0.1) is 0 Å². The zero-order valence-electron chi connectivity index (χ0n) is 23.3. The van der Waals surface area contributed by atoms with Crippen LogP contribution in [0.3, 0.4) is 0 Å². The molecule has 0 atom stereocenters. The van der Waals surface area contributed by atoms with Gasteiger partial charge in [-0.25, -0.2) is 0 Å². The lowest BCUT2D eigenvalue weighted by Gasteiger charge is -2.27. The summed E-state index contributed by atoms with van der Waals surface area (Å²) in [5, 5.41) is 8.04. The van der Waals surface area contributed by atoms with Gasteiger partial charge in [0, 0.05) is 66.0 Å². The standard InChI is InChI=1S/C39H22N2O2S/c1-2-11-30-25(8-1)31(22-35-38(30)39-33(43-35)13-7-19-40-39)41(23-15-17-27-26-9-3-5-12-32(26)42-34(27)20-23)24-16-18-29-28-10-4-6-14-36(28)44-37(29)21-24/h1-22H. The molecule has 0 saturated carbocycles. The molecule has 206 valence electrons. The quantitative estimate of drug-likeness (QED) is 0.208. The highest BCUT2D eigenvalue weighted by Gasteiger charge is 2.22. The Morgan fingerprint density at radius 3 is 2.05 bits per heavy atom. The number of hydrogen-bond donors (Lipinski definition) is 0. The molecule has 0 N–H and O–H groups in total. The molecule has 0 bridgehead atoms. The van der Waals surface area contributed by atoms with Crippen LogP contribution in [-0.2, 0) is 0 Å². The Kier molecular flexibility index (Phi) is 4.84. The Morgan fingerprint density at radius 1 is 0.477 bits per heavy atom. The average molecular weight is 583 g/mol. The van der Waals surface area contributed by atoms with Gasteiger partial charge in [0.15, 0.2) is 5.58 Å². The molecule has 0 aliphatic carbocycles. The summed E-state index contributed by atoms with van der Waals surface area (Å²) < 4.78 is 15.3. The molecule has 0 radical (unpaired) electrons. The van der Waals surface area contributed by atoms with Gasteiger partial charge < -0.3 is 13.7 Å². The summed E-state index contributed by atoms with van der Waals surface area (Å²) >= 11 is 1.83. The Balaban J connectivity index is 1.29. The summed E-state index contributed by atoms with van der Waals surface area (Å²) in [4.78, 5) is 7.03. The van der Waals surface area contributed by atoms with Crippen molar-refractivity contribution >= 4 is 103 Å². The van der Waals surface area contributed by atoms with Crippen molar-refractivity contribution in [2.45, 2.75) is 0 Å². The van der Waals surface area contributed by atoms with Gasteiger partial charge in [-0.3, -0.25) is 4.98 Å². The number of para-hydroxylation sites is 1. The average Bonchev–Trinajstić information content (AvgIpc) is 3.75. The van der Waals surface area contributed by atoms with Crippen molar-refractivity contribution in [3.05, 3.63) is 134 Å². The summed E-state index contributed by atoms with van der Waals surface area (Å²) in [6.45, 7) is 0. The molecule has 5 heteroatoms. The van der Waals surface area contributed by atoms with Crippen molar-refractivity contribution < 1.29 is 8.83 Å². The first-order valence-electron chi connectivity index (χ1n) is 14.6. The SMILES string of the molecule is c1ccc2c(c1)oc1cc(N(c3ccc4c(c3)sc3ccccc34)c3cc4oc5cccnc5c4c4ccccc34)ccc12. The van der Waals surface area contributed by atoms with Crippen LogP contribution in [0.4, 0.5) is 17.1 Å². The van der Waals surface area contributed by atoms with Gasteiger partial charge in [0.2, 0.25) is 0 Å². The molecule has 10 aromatic rings. The Bertz CT molecular complexity index is 2640. The van der Waals surface area contributed by atoms with E-state index in [0.29, 0.717) is 0 Å². The van der Waals surface area contributed by atoms with Crippen LogP contribution in [0.15, 0.2) is 142 Å². The van der Waals surface area contributed by atoms with Crippen LogP contribution in [0.2, 0.25) is 0 Å².